The SMILES string of the molecule is OCC1C(O)C(O)C(O)CN1CCc1ccccn1. The molecule has 2 rings (SSSR count). The molecule has 19 heavy (non-hydrogen) atoms. The number of nitrogens with zero attached hydrogens (tertiary/aromatic N) is 2. The van der Waals surface area contributed by atoms with E-state index in [0.717, 1.165) is 5.69 Å². The van der Waals surface area contributed by atoms with Crippen molar-refractivity contribution in [2.24, 2.45) is 0 Å². The van der Waals surface area contributed by atoms with Gasteiger partial charge in [-0.15, -0.1) is 0 Å². The predicted molar refractivity (Wildman–Crippen MR) is 68.4 cm³/mol. The van der Waals surface area contributed by atoms with Crippen LogP contribution in [0.4, 0.5) is 0 Å². The zero-order valence-corrected chi connectivity index (χ0v) is 10.6. The summed E-state index contributed by atoms with van der Waals surface area (Å²) in [7, 11) is 0. The highest BCUT2D eigenvalue weighted by molar-refractivity contribution is 5.04. The fraction of sp³-hybridized carbons (Fsp3) is 0.615. The minimum absolute atomic E-state index is 0.232. The van der Waals surface area contributed by atoms with Gasteiger partial charge in [0.2, 0.25) is 0 Å². The van der Waals surface area contributed by atoms with Crippen LogP contribution in [0.2, 0.25) is 0 Å². The summed E-state index contributed by atoms with van der Waals surface area (Å²) in [6.45, 7) is 0.534. The second-order valence-electron chi connectivity index (χ2n) is 4.86. The summed E-state index contributed by atoms with van der Waals surface area (Å²) in [5.74, 6) is 0. The maximum atomic E-state index is 9.85. The Morgan fingerprint density at radius 3 is 2.63 bits per heavy atom. The van der Waals surface area contributed by atoms with Crippen molar-refractivity contribution in [3.63, 3.8) is 0 Å². The second kappa shape index (κ2) is 6.40. The van der Waals surface area contributed by atoms with E-state index < -0.39 is 24.4 Å². The number of piperidine rings is 1. The van der Waals surface area contributed by atoms with Gasteiger partial charge in [-0.1, -0.05) is 6.07 Å². The molecule has 0 aliphatic carbocycles. The van der Waals surface area contributed by atoms with E-state index in [1.807, 2.05) is 18.2 Å². The molecule has 1 saturated heterocycles. The third-order valence-electron chi connectivity index (χ3n) is 3.60. The summed E-state index contributed by atoms with van der Waals surface area (Å²) in [6, 6.07) is 5.09. The molecule has 106 valence electrons. The molecule has 1 aromatic rings. The van der Waals surface area contributed by atoms with Crippen LogP contribution < -0.4 is 0 Å². The first-order valence-corrected chi connectivity index (χ1v) is 6.42. The first-order valence-electron chi connectivity index (χ1n) is 6.42. The largest absolute Gasteiger partial charge is 0.395 e. The number of pyridine rings is 1. The molecule has 0 amide bonds. The molecule has 0 radical (unpaired) electrons. The molecule has 0 spiro atoms. The van der Waals surface area contributed by atoms with Gasteiger partial charge in [-0.2, -0.15) is 0 Å². The van der Waals surface area contributed by atoms with Crippen molar-refractivity contribution in [1.29, 1.82) is 0 Å². The van der Waals surface area contributed by atoms with E-state index in [2.05, 4.69) is 4.98 Å². The molecule has 1 aliphatic heterocycles. The molecule has 6 heteroatoms. The number of β-amino-alcohol motifs (C(OH)–C–C–N with tert-alkyl or cyclic N) is 1. The summed E-state index contributed by atoms with van der Waals surface area (Å²) < 4.78 is 0. The Morgan fingerprint density at radius 1 is 1.21 bits per heavy atom. The Balaban J connectivity index is 1.98. The van der Waals surface area contributed by atoms with Gasteiger partial charge >= 0.3 is 0 Å². The van der Waals surface area contributed by atoms with E-state index in [9.17, 15) is 20.4 Å². The smallest absolute Gasteiger partial charge is 0.109 e. The number of hydrogen-bond donors (Lipinski definition) is 4. The number of aliphatic hydroxyl groups excluding tert-OH is 4. The minimum atomic E-state index is -1.21. The second-order valence-corrected chi connectivity index (χ2v) is 4.86. The molecule has 0 saturated carbocycles. The first-order chi connectivity index (χ1) is 9.13. The van der Waals surface area contributed by atoms with Crippen molar-refractivity contribution >= 4 is 0 Å². The third-order valence-corrected chi connectivity index (χ3v) is 3.60. The molecule has 0 aromatic carbocycles. The molecule has 1 fully saturated rings. The molecule has 4 unspecified atom stereocenters. The number of aliphatic hydroxyl groups is 4. The van der Waals surface area contributed by atoms with Gasteiger partial charge < -0.3 is 20.4 Å². The highest BCUT2D eigenvalue weighted by atomic mass is 16.4. The molecule has 2 heterocycles. The number of aromatic nitrogens is 1. The fourth-order valence-electron chi connectivity index (χ4n) is 2.44. The van der Waals surface area contributed by atoms with Gasteiger partial charge in [0, 0.05) is 31.4 Å². The van der Waals surface area contributed by atoms with Crippen LogP contribution in [-0.4, -0.2) is 74.4 Å². The van der Waals surface area contributed by atoms with Crippen LogP contribution >= 0.6 is 0 Å². The van der Waals surface area contributed by atoms with Gasteiger partial charge in [0.25, 0.3) is 0 Å². The van der Waals surface area contributed by atoms with Crippen LogP contribution in [-0.2, 0) is 6.42 Å². The molecule has 1 aliphatic rings. The summed E-state index contributed by atoms with van der Waals surface area (Å²) in [5, 5.41) is 38.5. The Morgan fingerprint density at radius 2 is 2.00 bits per heavy atom. The van der Waals surface area contributed by atoms with E-state index in [-0.39, 0.29) is 13.2 Å². The van der Waals surface area contributed by atoms with E-state index in [1.165, 1.54) is 0 Å². The van der Waals surface area contributed by atoms with Crippen molar-refractivity contribution in [2.75, 3.05) is 19.7 Å². The Hall–Kier alpha value is -1.05. The van der Waals surface area contributed by atoms with E-state index >= 15 is 0 Å². The van der Waals surface area contributed by atoms with Gasteiger partial charge in [0.05, 0.1) is 18.8 Å². The monoisotopic (exact) mass is 268 g/mol. The van der Waals surface area contributed by atoms with Crippen LogP contribution in [0.3, 0.4) is 0 Å². The van der Waals surface area contributed by atoms with E-state index in [4.69, 9.17) is 0 Å². The number of hydrogen-bond acceptors (Lipinski definition) is 6. The number of rotatable bonds is 4. The van der Waals surface area contributed by atoms with Crippen LogP contribution in [0.25, 0.3) is 0 Å². The maximum absolute atomic E-state index is 9.85. The molecule has 4 atom stereocenters. The lowest BCUT2D eigenvalue weighted by Crippen LogP contribution is -2.62. The van der Waals surface area contributed by atoms with E-state index in [0.29, 0.717) is 13.0 Å². The highest BCUT2D eigenvalue weighted by Crippen LogP contribution is 2.19. The van der Waals surface area contributed by atoms with Crippen LogP contribution in [0.5, 0.6) is 0 Å². The number of likely N-dealkylation sites (tertiary alicyclic amines) is 1. The van der Waals surface area contributed by atoms with Crippen molar-refractivity contribution in [1.82, 2.24) is 9.88 Å². The van der Waals surface area contributed by atoms with Crippen LogP contribution in [0.15, 0.2) is 24.4 Å². The van der Waals surface area contributed by atoms with Crippen molar-refractivity contribution in [3.8, 4) is 0 Å². The lowest BCUT2D eigenvalue weighted by atomic mass is 9.94. The maximum Gasteiger partial charge on any atom is 0.109 e. The lowest BCUT2D eigenvalue weighted by molar-refractivity contribution is -0.144. The summed E-state index contributed by atoms with van der Waals surface area (Å²) in [4.78, 5) is 5.99. The van der Waals surface area contributed by atoms with E-state index in [1.54, 1.807) is 11.1 Å². The Kier molecular flexibility index (Phi) is 4.84. The zero-order valence-electron chi connectivity index (χ0n) is 10.6. The predicted octanol–water partition coefficient (Wildman–Crippen LogP) is -1.62. The normalized spacial score (nSPS) is 32.4. The van der Waals surface area contributed by atoms with Crippen LogP contribution in [0.1, 0.15) is 5.69 Å². The molecule has 6 nitrogen and oxygen atoms in total. The van der Waals surface area contributed by atoms with Gasteiger partial charge in [-0.25, -0.2) is 0 Å². The third kappa shape index (κ3) is 3.29. The van der Waals surface area contributed by atoms with Gasteiger partial charge in [0.1, 0.15) is 12.2 Å². The van der Waals surface area contributed by atoms with Gasteiger partial charge in [-0.05, 0) is 12.1 Å². The topological polar surface area (TPSA) is 97.0 Å². The average molecular weight is 268 g/mol. The van der Waals surface area contributed by atoms with Crippen molar-refractivity contribution < 1.29 is 20.4 Å². The lowest BCUT2D eigenvalue weighted by Gasteiger charge is -2.43. The molecule has 0 bridgehead atoms. The Labute approximate surface area is 112 Å². The fourth-order valence-corrected chi connectivity index (χ4v) is 2.44. The zero-order chi connectivity index (χ0) is 13.8. The van der Waals surface area contributed by atoms with Crippen LogP contribution in [0, 0.1) is 0 Å². The summed E-state index contributed by atoms with van der Waals surface area (Å²) in [5.41, 5.74) is 0.911. The highest BCUT2D eigenvalue weighted by Gasteiger charge is 2.40. The van der Waals surface area contributed by atoms with Gasteiger partial charge in [-0.3, -0.25) is 9.88 Å². The van der Waals surface area contributed by atoms with Crippen molar-refractivity contribution in [2.45, 2.75) is 30.8 Å². The van der Waals surface area contributed by atoms with Crippen molar-refractivity contribution in [3.05, 3.63) is 30.1 Å². The minimum Gasteiger partial charge on any atom is -0.395 e. The standard InChI is InChI=1S/C13H20N2O4/c16-8-10-12(18)13(19)11(17)7-15(10)6-4-9-3-1-2-5-14-9/h1-3,5,10-13,16-19H,4,6-8H2. The summed E-state index contributed by atoms with van der Waals surface area (Å²) >= 11 is 0. The molecule has 4 N–H and O–H groups in total. The molecular formula is C13H20N2O4. The molecular weight excluding hydrogens is 248 g/mol. The summed E-state index contributed by atoms with van der Waals surface area (Å²) in [6.07, 6.45) is -0.975. The molecule has 1 aromatic heterocycles. The Bertz CT molecular complexity index is 389. The quantitative estimate of drug-likeness (QED) is 0.524. The average Bonchev–Trinajstić information content (AvgIpc) is 2.44. The first kappa shape index (κ1) is 14.4. The van der Waals surface area contributed by atoms with Gasteiger partial charge in [0.15, 0.2) is 0 Å².